The molecule has 8 heteroatoms. The number of halogens is 3. The predicted octanol–water partition coefficient (Wildman–Crippen LogP) is 3.89. The van der Waals surface area contributed by atoms with E-state index in [-0.39, 0.29) is 5.56 Å². The van der Waals surface area contributed by atoms with Gasteiger partial charge < -0.3 is 4.55 Å². The van der Waals surface area contributed by atoms with Crippen LogP contribution < -0.4 is 5.56 Å². The SMILES string of the molecule is CCc1cc(CC)c(-c2c([S+](C)[O-])c(C(F)(F)F)nn(C)c2=O)c(CC)c1. The van der Waals surface area contributed by atoms with Crippen LogP contribution in [0.4, 0.5) is 13.2 Å². The molecule has 0 aliphatic heterocycles. The third kappa shape index (κ3) is 4.06. The van der Waals surface area contributed by atoms with Gasteiger partial charge in [0, 0.05) is 7.05 Å². The summed E-state index contributed by atoms with van der Waals surface area (Å²) < 4.78 is 53.8. The lowest BCUT2D eigenvalue weighted by Gasteiger charge is -2.20. The molecule has 0 amide bonds. The Morgan fingerprint density at radius 1 is 1.07 bits per heavy atom. The van der Waals surface area contributed by atoms with E-state index in [4.69, 9.17) is 0 Å². The highest BCUT2D eigenvalue weighted by molar-refractivity contribution is 7.90. The Labute approximate surface area is 159 Å². The second-order valence-electron chi connectivity index (χ2n) is 6.28. The highest BCUT2D eigenvalue weighted by atomic mass is 32.2. The van der Waals surface area contributed by atoms with Gasteiger partial charge in [-0.25, -0.2) is 4.68 Å². The summed E-state index contributed by atoms with van der Waals surface area (Å²) in [6, 6.07) is 3.81. The van der Waals surface area contributed by atoms with E-state index in [1.807, 2.05) is 32.9 Å². The van der Waals surface area contributed by atoms with Crippen molar-refractivity contribution in [2.24, 2.45) is 7.05 Å². The van der Waals surface area contributed by atoms with Crippen LogP contribution in [-0.4, -0.2) is 20.6 Å². The molecule has 0 aliphatic carbocycles. The predicted molar refractivity (Wildman–Crippen MR) is 100 cm³/mol. The van der Waals surface area contributed by atoms with Gasteiger partial charge in [0.25, 0.3) is 5.56 Å². The van der Waals surface area contributed by atoms with E-state index in [1.165, 1.54) is 7.05 Å². The Hall–Kier alpha value is -1.80. The molecule has 0 saturated heterocycles. The standard InChI is InChI=1S/C19H23F3N2O2S/c1-6-11-9-12(7-2)14(13(8-3)10-11)15-16(27(5)26)17(19(20,21)22)23-24(4)18(15)25/h9-10H,6-8H2,1-5H3. The zero-order valence-electron chi connectivity index (χ0n) is 16.0. The second-order valence-corrected chi connectivity index (χ2v) is 7.60. The molecule has 0 fully saturated rings. The molecule has 1 atom stereocenters. The Balaban J connectivity index is 3.07. The van der Waals surface area contributed by atoms with E-state index in [9.17, 15) is 22.5 Å². The van der Waals surface area contributed by atoms with E-state index < -0.39 is 33.5 Å². The first-order chi connectivity index (χ1) is 12.6. The zero-order valence-corrected chi connectivity index (χ0v) is 16.8. The summed E-state index contributed by atoms with van der Waals surface area (Å²) in [7, 11) is 1.18. The van der Waals surface area contributed by atoms with Crippen LogP contribution in [0.3, 0.4) is 0 Å². The highest BCUT2D eigenvalue weighted by Crippen LogP contribution is 2.39. The van der Waals surface area contributed by atoms with Crippen molar-refractivity contribution in [1.82, 2.24) is 9.78 Å². The first-order valence-corrected chi connectivity index (χ1v) is 10.3. The van der Waals surface area contributed by atoms with Gasteiger partial charge in [0.2, 0.25) is 5.69 Å². The number of aromatic nitrogens is 2. The lowest BCUT2D eigenvalue weighted by atomic mass is 9.89. The smallest absolute Gasteiger partial charge is 0.440 e. The molecule has 148 valence electrons. The fraction of sp³-hybridized carbons (Fsp3) is 0.474. The van der Waals surface area contributed by atoms with Gasteiger partial charge in [-0.15, -0.1) is 0 Å². The molecule has 27 heavy (non-hydrogen) atoms. The van der Waals surface area contributed by atoms with Crippen LogP contribution in [0.1, 0.15) is 43.2 Å². The molecule has 0 spiro atoms. The van der Waals surface area contributed by atoms with Gasteiger partial charge in [-0.05, 0) is 52.7 Å². The number of aryl methyl sites for hydroxylation is 4. The normalized spacial score (nSPS) is 13.1. The number of hydrogen-bond acceptors (Lipinski definition) is 3. The van der Waals surface area contributed by atoms with Gasteiger partial charge in [0.15, 0.2) is 4.90 Å². The van der Waals surface area contributed by atoms with Crippen molar-refractivity contribution in [3.8, 4) is 11.1 Å². The average molecular weight is 400 g/mol. The van der Waals surface area contributed by atoms with Crippen molar-refractivity contribution in [1.29, 1.82) is 0 Å². The van der Waals surface area contributed by atoms with Crippen LogP contribution in [0.25, 0.3) is 11.1 Å². The zero-order chi connectivity index (χ0) is 20.5. The summed E-state index contributed by atoms with van der Waals surface area (Å²) in [5.74, 6) is 0. The van der Waals surface area contributed by atoms with Crippen LogP contribution in [0.5, 0.6) is 0 Å². The van der Waals surface area contributed by atoms with Gasteiger partial charge in [-0.3, -0.25) is 4.79 Å². The van der Waals surface area contributed by atoms with E-state index in [0.717, 1.165) is 29.4 Å². The van der Waals surface area contributed by atoms with E-state index in [2.05, 4.69) is 5.10 Å². The van der Waals surface area contributed by atoms with Crippen molar-refractivity contribution in [2.45, 2.75) is 51.1 Å². The number of nitrogens with zero attached hydrogens (tertiary/aromatic N) is 2. The van der Waals surface area contributed by atoms with Gasteiger partial charge in [0.1, 0.15) is 11.8 Å². The summed E-state index contributed by atoms with van der Waals surface area (Å²) in [5, 5.41) is 3.38. The van der Waals surface area contributed by atoms with Crippen molar-refractivity contribution < 1.29 is 17.7 Å². The molecule has 0 bridgehead atoms. The molecule has 0 radical (unpaired) electrons. The van der Waals surface area contributed by atoms with Gasteiger partial charge >= 0.3 is 6.18 Å². The topological polar surface area (TPSA) is 58.0 Å². The third-order valence-electron chi connectivity index (χ3n) is 4.54. The van der Waals surface area contributed by atoms with E-state index in [1.54, 1.807) is 0 Å². The molecule has 0 aliphatic rings. The molecule has 1 aromatic carbocycles. The molecular formula is C19H23F3N2O2S. The van der Waals surface area contributed by atoms with Crippen LogP contribution in [0, 0.1) is 0 Å². The summed E-state index contributed by atoms with van der Waals surface area (Å²) in [6.45, 7) is 5.76. The van der Waals surface area contributed by atoms with Gasteiger partial charge in [-0.2, -0.15) is 18.3 Å². The second kappa shape index (κ2) is 8.06. The number of hydrogen-bond donors (Lipinski definition) is 0. The van der Waals surface area contributed by atoms with Crippen molar-refractivity contribution in [3.63, 3.8) is 0 Å². The molecule has 0 N–H and O–H groups in total. The minimum absolute atomic E-state index is 0.156. The molecule has 1 aromatic heterocycles. The van der Waals surface area contributed by atoms with Gasteiger partial charge in [-0.1, -0.05) is 32.9 Å². The number of rotatable bonds is 5. The minimum atomic E-state index is -4.82. The summed E-state index contributed by atoms with van der Waals surface area (Å²) in [6.07, 6.45) is -1.82. The Bertz CT molecular complexity index is 880. The first-order valence-electron chi connectivity index (χ1n) is 8.73. The molecule has 0 saturated carbocycles. The Morgan fingerprint density at radius 2 is 1.59 bits per heavy atom. The van der Waals surface area contributed by atoms with E-state index >= 15 is 0 Å². The fourth-order valence-corrected chi connectivity index (χ4v) is 4.13. The van der Waals surface area contributed by atoms with Crippen LogP contribution in [0.2, 0.25) is 0 Å². The molecule has 4 nitrogen and oxygen atoms in total. The third-order valence-corrected chi connectivity index (χ3v) is 5.51. The maximum absolute atomic E-state index is 13.6. The molecule has 1 unspecified atom stereocenters. The maximum atomic E-state index is 13.6. The van der Waals surface area contributed by atoms with Crippen molar-refractivity contribution in [2.75, 3.05) is 6.26 Å². The summed E-state index contributed by atoms with van der Waals surface area (Å²) in [5.41, 5.74) is 0.941. The molecule has 1 heterocycles. The largest absolute Gasteiger partial charge is 0.612 e. The Kier molecular flexibility index (Phi) is 6.42. The lowest BCUT2D eigenvalue weighted by molar-refractivity contribution is -0.144. The first kappa shape index (κ1) is 21.5. The van der Waals surface area contributed by atoms with Crippen LogP contribution >= 0.6 is 0 Å². The summed E-state index contributed by atoms with van der Waals surface area (Å²) in [4.78, 5) is 12.3. The Morgan fingerprint density at radius 3 is 1.96 bits per heavy atom. The number of alkyl halides is 3. The van der Waals surface area contributed by atoms with Gasteiger partial charge in [0.05, 0.1) is 0 Å². The quantitative estimate of drug-likeness (QED) is 0.716. The molecule has 2 aromatic rings. The molecular weight excluding hydrogens is 377 g/mol. The number of benzene rings is 1. The van der Waals surface area contributed by atoms with Crippen molar-refractivity contribution in [3.05, 3.63) is 44.9 Å². The maximum Gasteiger partial charge on any atom is 0.440 e. The average Bonchev–Trinajstić information content (AvgIpc) is 2.61. The monoisotopic (exact) mass is 400 g/mol. The fourth-order valence-electron chi connectivity index (χ4n) is 3.23. The van der Waals surface area contributed by atoms with E-state index in [0.29, 0.717) is 23.1 Å². The van der Waals surface area contributed by atoms with Crippen LogP contribution in [0.15, 0.2) is 21.8 Å². The van der Waals surface area contributed by atoms with Crippen molar-refractivity contribution >= 4 is 11.2 Å². The summed E-state index contributed by atoms with van der Waals surface area (Å²) >= 11 is -2.04. The molecule has 2 rings (SSSR count). The van der Waals surface area contributed by atoms with Crippen LogP contribution in [-0.2, 0) is 43.7 Å². The minimum Gasteiger partial charge on any atom is -0.612 e. The highest BCUT2D eigenvalue weighted by Gasteiger charge is 2.43. The lowest BCUT2D eigenvalue weighted by Crippen LogP contribution is -2.30.